The molecule has 0 amide bonds. The number of hydrogen-bond donors (Lipinski definition) is 0. The maximum atomic E-state index is 3.91. The van der Waals surface area contributed by atoms with Crippen LogP contribution in [0.25, 0.3) is 0 Å². The summed E-state index contributed by atoms with van der Waals surface area (Å²) in [6, 6.07) is 0. The summed E-state index contributed by atoms with van der Waals surface area (Å²) in [7, 11) is 0. The van der Waals surface area contributed by atoms with Gasteiger partial charge in [-0.3, -0.25) is 0 Å². The highest BCUT2D eigenvalue weighted by Crippen LogP contribution is 2.39. The second-order valence-electron chi connectivity index (χ2n) is 4.68. The first-order valence-electron chi connectivity index (χ1n) is 7.09. The monoisotopic (exact) mass is 225 g/mol. The molecule has 1 heterocycles. The van der Waals surface area contributed by atoms with Crippen LogP contribution in [0, 0.1) is 5.41 Å². The van der Waals surface area contributed by atoms with Crippen molar-refractivity contribution >= 4 is 0 Å². The Morgan fingerprint density at radius 1 is 1.19 bits per heavy atom. The van der Waals surface area contributed by atoms with Crippen LogP contribution in [-0.4, -0.2) is 24.5 Å². The molecule has 0 spiro atoms. The zero-order valence-electron chi connectivity index (χ0n) is 11.9. The van der Waals surface area contributed by atoms with Gasteiger partial charge in [0.25, 0.3) is 0 Å². The first-order chi connectivity index (χ1) is 7.76. The molecular formula is C15H31N. The van der Waals surface area contributed by atoms with Crippen molar-refractivity contribution in [3.8, 4) is 0 Å². The molecule has 0 bridgehead atoms. The number of rotatable bonds is 5. The summed E-state index contributed by atoms with van der Waals surface area (Å²) < 4.78 is 0. The Labute approximate surface area is 103 Å². The van der Waals surface area contributed by atoms with E-state index in [2.05, 4.69) is 31.4 Å². The Bertz CT molecular complexity index is 166. The average Bonchev–Trinajstić information content (AvgIpc) is 2.33. The van der Waals surface area contributed by atoms with Crippen molar-refractivity contribution in [1.82, 2.24) is 4.90 Å². The summed E-state index contributed by atoms with van der Waals surface area (Å²) in [6.45, 7) is 16.3. The molecule has 0 aromatic rings. The van der Waals surface area contributed by atoms with Crippen LogP contribution < -0.4 is 0 Å². The van der Waals surface area contributed by atoms with E-state index in [9.17, 15) is 0 Å². The minimum atomic E-state index is 0.599. The van der Waals surface area contributed by atoms with Gasteiger partial charge < -0.3 is 4.90 Å². The van der Waals surface area contributed by atoms with E-state index in [0.717, 1.165) is 0 Å². The summed E-state index contributed by atoms with van der Waals surface area (Å²) in [6.07, 6.45) is 8.80. The van der Waals surface area contributed by atoms with E-state index in [1.54, 1.807) is 0 Å². The zero-order chi connectivity index (χ0) is 12.4. The Hall–Kier alpha value is -0.300. The first kappa shape index (κ1) is 15.7. The average molecular weight is 225 g/mol. The Kier molecular flexibility index (Phi) is 8.64. The van der Waals surface area contributed by atoms with Gasteiger partial charge in [-0.2, -0.15) is 0 Å². The zero-order valence-corrected chi connectivity index (χ0v) is 11.9. The molecule has 0 aromatic heterocycles. The van der Waals surface area contributed by atoms with E-state index in [1.165, 1.54) is 51.7 Å². The lowest BCUT2D eigenvalue weighted by atomic mass is 9.72. The van der Waals surface area contributed by atoms with Crippen molar-refractivity contribution < 1.29 is 0 Å². The van der Waals surface area contributed by atoms with Crippen molar-refractivity contribution in [2.45, 2.75) is 59.8 Å². The van der Waals surface area contributed by atoms with Crippen LogP contribution in [-0.2, 0) is 0 Å². The van der Waals surface area contributed by atoms with Crippen molar-refractivity contribution in [3.05, 3.63) is 12.7 Å². The van der Waals surface area contributed by atoms with Crippen molar-refractivity contribution in [1.29, 1.82) is 0 Å². The Morgan fingerprint density at radius 2 is 1.75 bits per heavy atom. The molecule has 0 saturated carbocycles. The molecule has 1 rings (SSSR count). The summed E-state index contributed by atoms with van der Waals surface area (Å²) in [4.78, 5) is 2.57. The molecule has 0 unspecified atom stereocenters. The number of hydrogen-bond acceptors (Lipinski definition) is 1. The third-order valence-corrected chi connectivity index (χ3v) is 3.72. The van der Waals surface area contributed by atoms with Gasteiger partial charge in [-0.05, 0) is 50.7 Å². The van der Waals surface area contributed by atoms with Gasteiger partial charge in [0.1, 0.15) is 0 Å². The van der Waals surface area contributed by atoms with E-state index in [-0.39, 0.29) is 0 Å². The molecule has 1 aliphatic rings. The second kappa shape index (κ2) is 8.81. The third kappa shape index (κ3) is 4.69. The van der Waals surface area contributed by atoms with E-state index in [0.29, 0.717) is 5.41 Å². The highest BCUT2D eigenvalue weighted by Gasteiger charge is 2.31. The van der Waals surface area contributed by atoms with Crippen LogP contribution in [0.2, 0.25) is 0 Å². The van der Waals surface area contributed by atoms with Crippen molar-refractivity contribution in [2.75, 3.05) is 19.6 Å². The Balaban J connectivity index is 0.00000106. The van der Waals surface area contributed by atoms with E-state index < -0.39 is 0 Å². The molecule has 1 heteroatoms. The van der Waals surface area contributed by atoms with Crippen molar-refractivity contribution in [3.63, 3.8) is 0 Å². The molecule has 0 radical (unpaired) electrons. The van der Waals surface area contributed by atoms with Crippen LogP contribution in [0.1, 0.15) is 59.8 Å². The molecule has 0 aliphatic carbocycles. The van der Waals surface area contributed by atoms with Gasteiger partial charge in [0.15, 0.2) is 0 Å². The summed E-state index contributed by atoms with van der Waals surface area (Å²) >= 11 is 0. The molecule has 1 nitrogen and oxygen atoms in total. The molecule has 1 saturated heterocycles. The van der Waals surface area contributed by atoms with Crippen LogP contribution >= 0.6 is 0 Å². The highest BCUT2D eigenvalue weighted by atomic mass is 15.1. The summed E-state index contributed by atoms with van der Waals surface area (Å²) in [5.41, 5.74) is 0.599. The lowest BCUT2D eigenvalue weighted by Gasteiger charge is -2.41. The molecule has 0 aromatic carbocycles. The number of likely N-dealkylation sites (tertiary alicyclic amines) is 1. The summed E-state index contributed by atoms with van der Waals surface area (Å²) in [5.74, 6) is 0. The largest absolute Gasteiger partial charge is 0.304 e. The molecule has 1 fully saturated rings. The summed E-state index contributed by atoms with van der Waals surface area (Å²) in [5, 5.41) is 0. The third-order valence-electron chi connectivity index (χ3n) is 3.72. The SMILES string of the molecule is C=CCC1(CCC)CCN(CC)CC1.CC. The lowest BCUT2D eigenvalue weighted by molar-refractivity contribution is 0.100. The molecule has 1 aliphatic heterocycles. The fraction of sp³-hybridized carbons (Fsp3) is 0.867. The van der Waals surface area contributed by atoms with Crippen LogP contribution in [0.3, 0.4) is 0 Å². The fourth-order valence-corrected chi connectivity index (χ4v) is 2.74. The van der Waals surface area contributed by atoms with Crippen molar-refractivity contribution in [2.24, 2.45) is 5.41 Å². The van der Waals surface area contributed by atoms with E-state index >= 15 is 0 Å². The smallest absolute Gasteiger partial charge is 0.00134 e. The maximum Gasteiger partial charge on any atom is -0.00134 e. The topological polar surface area (TPSA) is 3.24 Å². The van der Waals surface area contributed by atoms with E-state index in [4.69, 9.17) is 0 Å². The quantitative estimate of drug-likeness (QED) is 0.623. The van der Waals surface area contributed by atoms with Crippen LogP contribution in [0.15, 0.2) is 12.7 Å². The van der Waals surface area contributed by atoms with Gasteiger partial charge >= 0.3 is 0 Å². The minimum Gasteiger partial charge on any atom is -0.304 e. The number of piperidine rings is 1. The van der Waals surface area contributed by atoms with Gasteiger partial charge in [-0.1, -0.05) is 40.2 Å². The molecule has 0 atom stereocenters. The predicted molar refractivity (Wildman–Crippen MR) is 74.9 cm³/mol. The predicted octanol–water partition coefficient (Wildman–Crippen LogP) is 4.49. The van der Waals surface area contributed by atoms with Gasteiger partial charge in [-0.15, -0.1) is 6.58 Å². The molecule has 16 heavy (non-hydrogen) atoms. The fourth-order valence-electron chi connectivity index (χ4n) is 2.74. The number of nitrogens with zero attached hydrogens (tertiary/aromatic N) is 1. The van der Waals surface area contributed by atoms with Gasteiger partial charge in [0, 0.05) is 0 Å². The van der Waals surface area contributed by atoms with Gasteiger partial charge in [0.2, 0.25) is 0 Å². The first-order valence-corrected chi connectivity index (χ1v) is 7.09. The second-order valence-corrected chi connectivity index (χ2v) is 4.68. The van der Waals surface area contributed by atoms with E-state index in [1.807, 2.05) is 13.8 Å². The standard InChI is InChI=1S/C13H25N.C2H6/c1-4-7-13(8-5-2)9-11-14(6-3)12-10-13;1-2/h4H,1,5-12H2,2-3H3;1-2H3. The minimum absolute atomic E-state index is 0.599. The molecule has 96 valence electrons. The number of allylic oxidation sites excluding steroid dienone is 1. The molecular weight excluding hydrogens is 194 g/mol. The van der Waals surface area contributed by atoms with Crippen LogP contribution in [0.4, 0.5) is 0 Å². The van der Waals surface area contributed by atoms with Gasteiger partial charge in [-0.25, -0.2) is 0 Å². The lowest BCUT2D eigenvalue weighted by Crippen LogP contribution is -2.39. The normalized spacial score (nSPS) is 19.8. The maximum absolute atomic E-state index is 3.91. The Morgan fingerprint density at radius 3 is 2.12 bits per heavy atom. The molecule has 0 N–H and O–H groups in total. The van der Waals surface area contributed by atoms with Crippen LogP contribution in [0.5, 0.6) is 0 Å². The van der Waals surface area contributed by atoms with Gasteiger partial charge in [0.05, 0.1) is 0 Å². The highest BCUT2D eigenvalue weighted by molar-refractivity contribution is 4.90.